The number of benzene rings is 3. The molecule has 2 aliphatic heterocycles. The second-order valence-electron chi connectivity index (χ2n) is 10.3. The summed E-state index contributed by atoms with van der Waals surface area (Å²) in [5.41, 5.74) is 2.69. The van der Waals surface area contributed by atoms with Crippen molar-refractivity contribution in [3.8, 4) is 0 Å². The molecule has 9 nitrogen and oxygen atoms in total. The molecule has 1 amide bonds. The third-order valence-electron chi connectivity index (χ3n) is 7.40. The number of rotatable bonds is 10. The Morgan fingerprint density at radius 2 is 1.56 bits per heavy atom. The molecule has 0 aliphatic carbocycles. The van der Waals surface area contributed by atoms with Crippen molar-refractivity contribution < 1.29 is 22.3 Å². The molecule has 11 heteroatoms. The molecular formula is C30H36FN5O4S. The van der Waals surface area contributed by atoms with E-state index in [1.54, 1.807) is 18.2 Å². The van der Waals surface area contributed by atoms with E-state index in [1.807, 2.05) is 18.2 Å². The summed E-state index contributed by atoms with van der Waals surface area (Å²) in [7, 11) is -3.97. The molecule has 0 bridgehead atoms. The first kappa shape index (κ1) is 29.0. The minimum Gasteiger partial charge on any atom is -0.379 e. The highest BCUT2D eigenvalue weighted by Crippen LogP contribution is 2.27. The lowest BCUT2D eigenvalue weighted by Gasteiger charge is -2.37. The highest BCUT2D eigenvalue weighted by Gasteiger charge is 2.24. The number of hydrogen-bond acceptors (Lipinski definition) is 7. The summed E-state index contributed by atoms with van der Waals surface area (Å²) in [6.07, 6.45) is 0. The van der Waals surface area contributed by atoms with E-state index < -0.39 is 15.8 Å². The molecule has 0 spiro atoms. The molecule has 41 heavy (non-hydrogen) atoms. The monoisotopic (exact) mass is 581 g/mol. The maximum Gasteiger partial charge on any atom is 0.261 e. The second-order valence-corrected chi connectivity index (χ2v) is 11.9. The van der Waals surface area contributed by atoms with Gasteiger partial charge in [0.05, 0.1) is 23.7 Å². The third kappa shape index (κ3) is 7.82. The van der Waals surface area contributed by atoms with Crippen molar-refractivity contribution in [1.82, 2.24) is 15.1 Å². The van der Waals surface area contributed by atoms with E-state index in [-0.39, 0.29) is 16.5 Å². The van der Waals surface area contributed by atoms with E-state index in [1.165, 1.54) is 17.7 Å². The molecule has 2 saturated heterocycles. The zero-order valence-corrected chi connectivity index (χ0v) is 23.8. The average Bonchev–Trinajstić information content (AvgIpc) is 2.99. The van der Waals surface area contributed by atoms with Crippen molar-refractivity contribution in [2.45, 2.75) is 11.4 Å². The zero-order valence-electron chi connectivity index (χ0n) is 23.0. The quantitative estimate of drug-likeness (QED) is 0.380. The number of morpholine rings is 1. The normalized spacial score (nSPS) is 16.9. The lowest BCUT2D eigenvalue weighted by molar-refractivity contribution is 0.0383. The van der Waals surface area contributed by atoms with Gasteiger partial charge in [-0.15, -0.1) is 0 Å². The largest absolute Gasteiger partial charge is 0.379 e. The predicted molar refractivity (Wildman–Crippen MR) is 157 cm³/mol. The first-order valence-electron chi connectivity index (χ1n) is 13.9. The predicted octanol–water partition coefficient (Wildman–Crippen LogP) is 3.01. The van der Waals surface area contributed by atoms with Crippen molar-refractivity contribution in [2.24, 2.45) is 0 Å². The highest BCUT2D eigenvalue weighted by molar-refractivity contribution is 7.92. The number of carbonyl (C=O) groups is 1. The molecule has 2 fully saturated rings. The van der Waals surface area contributed by atoms with Crippen molar-refractivity contribution in [1.29, 1.82) is 0 Å². The van der Waals surface area contributed by atoms with Gasteiger partial charge in [0.15, 0.2) is 0 Å². The van der Waals surface area contributed by atoms with Crippen LogP contribution in [0, 0.1) is 5.82 Å². The summed E-state index contributed by atoms with van der Waals surface area (Å²) < 4.78 is 47.2. The van der Waals surface area contributed by atoms with E-state index in [9.17, 15) is 17.6 Å². The molecule has 0 saturated carbocycles. The Morgan fingerprint density at radius 3 is 2.27 bits per heavy atom. The van der Waals surface area contributed by atoms with Gasteiger partial charge < -0.3 is 15.0 Å². The van der Waals surface area contributed by atoms with Gasteiger partial charge in [0.25, 0.3) is 15.9 Å². The van der Waals surface area contributed by atoms with Crippen molar-refractivity contribution >= 4 is 27.3 Å². The van der Waals surface area contributed by atoms with Gasteiger partial charge in [-0.1, -0.05) is 30.3 Å². The summed E-state index contributed by atoms with van der Waals surface area (Å²) in [6, 6.07) is 20.0. The molecule has 2 N–H and O–H groups in total. The number of ether oxygens (including phenoxy) is 1. The van der Waals surface area contributed by atoms with Gasteiger partial charge in [-0.2, -0.15) is 0 Å². The molecule has 3 aromatic carbocycles. The Balaban J connectivity index is 1.31. The maximum absolute atomic E-state index is 13.5. The van der Waals surface area contributed by atoms with Gasteiger partial charge >= 0.3 is 0 Å². The lowest BCUT2D eigenvalue weighted by atomic mass is 10.1. The molecule has 0 radical (unpaired) electrons. The van der Waals surface area contributed by atoms with Gasteiger partial charge in [0, 0.05) is 70.3 Å². The fourth-order valence-electron chi connectivity index (χ4n) is 5.12. The number of nitrogens with one attached hydrogen (secondary N) is 2. The standard InChI is InChI=1S/C30H36FN5O4S/c31-25-6-9-27(10-7-25)41(38,39)33-26-8-11-29(28(22-26)30(37)32-12-13-34-18-20-40-21-19-34)36-16-14-35(15-17-36)23-24-4-2-1-3-5-24/h1-11,22,33H,12-21,23H2,(H,32,37). The van der Waals surface area contributed by atoms with E-state index in [4.69, 9.17) is 4.74 Å². The van der Waals surface area contributed by atoms with Crippen LogP contribution >= 0.6 is 0 Å². The number of sulfonamides is 1. The summed E-state index contributed by atoms with van der Waals surface area (Å²) in [4.78, 5) is 20.2. The topological polar surface area (TPSA) is 94.2 Å². The molecule has 218 valence electrons. The molecule has 0 unspecified atom stereocenters. The van der Waals surface area contributed by atoms with Gasteiger partial charge in [-0.25, -0.2) is 12.8 Å². The van der Waals surface area contributed by atoms with E-state index in [2.05, 4.69) is 36.9 Å². The van der Waals surface area contributed by atoms with E-state index in [0.29, 0.717) is 31.9 Å². The zero-order chi connectivity index (χ0) is 28.7. The SMILES string of the molecule is O=C(NCCN1CCOCC1)c1cc(NS(=O)(=O)c2ccc(F)cc2)ccc1N1CCN(Cc2ccccc2)CC1. The average molecular weight is 582 g/mol. The van der Waals surface area contributed by atoms with Crippen LogP contribution in [0.1, 0.15) is 15.9 Å². The van der Waals surface area contributed by atoms with Crippen LogP contribution in [0.2, 0.25) is 0 Å². The van der Waals surface area contributed by atoms with Crippen molar-refractivity contribution in [3.05, 3.63) is 89.7 Å². The molecule has 0 atom stereocenters. The number of nitrogens with zero attached hydrogens (tertiary/aromatic N) is 3. The van der Waals surface area contributed by atoms with E-state index >= 15 is 0 Å². The molecule has 3 aromatic rings. The lowest BCUT2D eigenvalue weighted by Crippen LogP contribution is -2.46. The Labute approximate surface area is 240 Å². The Kier molecular flexibility index (Phi) is 9.50. The first-order chi connectivity index (χ1) is 19.9. The van der Waals surface area contributed by atoms with Crippen molar-refractivity contribution in [3.63, 3.8) is 0 Å². The highest BCUT2D eigenvalue weighted by atomic mass is 32.2. The Hall–Kier alpha value is -3.51. The van der Waals surface area contributed by atoms with Crippen LogP contribution in [0.3, 0.4) is 0 Å². The smallest absolute Gasteiger partial charge is 0.261 e. The Bertz CT molecular complexity index is 1410. The minimum atomic E-state index is -3.97. The molecular weight excluding hydrogens is 545 g/mol. The summed E-state index contributed by atoms with van der Waals surface area (Å²) in [5, 5.41) is 3.02. The van der Waals surface area contributed by atoms with Crippen LogP contribution in [-0.2, 0) is 21.3 Å². The number of anilines is 2. The van der Waals surface area contributed by atoms with Crippen molar-refractivity contribution in [2.75, 3.05) is 75.2 Å². The maximum atomic E-state index is 13.5. The second kappa shape index (κ2) is 13.4. The van der Waals surface area contributed by atoms with Gasteiger partial charge in [-0.3, -0.25) is 19.3 Å². The van der Waals surface area contributed by atoms with Crippen LogP contribution in [0.5, 0.6) is 0 Å². The van der Waals surface area contributed by atoms with Crippen LogP contribution in [-0.4, -0.2) is 89.7 Å². The summed E-state index contributed by atoms with van der Waals surface area (Å²) >= 11 is 0. The van der Waals surface area contributed by atoms with Gasteiger partial charge in [0.1, 0.15) is 5.82 Å². The molecule has 2 aliphatic rings. The first-order valence-corrected chi connectivity index (χ1v) is 15.4. The van der Waals surface area contributed by atoms with Crippen LogP contribution in [0.25, 0.3) is 0 Å². The number of piperazine rings is 1. The summed E-state index contributed by atoms with van der Waals surface area (Å²) in [5.74, 6) is -0.781. The van der Waals surface area contributed by atoms with Gasteiger partial charge in [-0.05, 0) is 48.0 Å². The van der Waals surface area contributed by atoms with Gasteiger partial charge in [0.2, 0.25) is 0 Å². The third-order valence-corrected chi connectivity index (χ3v) is 8.79. The fraction of sp³-hybridized carbons (Fsp3) is 0.367. The molecule has 5 rings (SSSR count). The number of halogens is 1. The molecule has 2 heterocycles. The molecule has 0 aromatic heterocycles. The number of carbonyl (C=O) groups excluding carboxylic acids is 1. The Morgan fingerprint density at radius 1 is 0.854 bits per heavy atom. The van der Waals surface area contributed by atoms with E-state index in [0.717, 1.165) is 63.6 Å². The number of hydrogen-bond donors (Lipinski definition) is 2. The minimum absolute atomic E-state index is 0.0611. The summed E-state index contributed by atoms with van der Waals surface area (Å²) in [6.45, 7) is 8.22. The van der Waals surface area contributed by atoms with Crippen LogP contribution < -0.4 is 14.9 Å². The number of amides is 1. The van der Waals surface area contributed by atoms with Crippen LogP contribution in [0.15, 0.2) is 77.7 Å². The fourth-order valence-corrected chi connectivity index (χ4v) is 6.17. The van der Waals surface area contributed by atoms with Crippen LogP contribution in [0.4, 0.5) is 15.8 Å².